The van der Waals surface area contributed by atoms with Crippen LogP contribution in [0.4, 0.5) is 0 Å². The third-order valence-corrected chi connectivity index (χ3v) is 4.37. The van der Waals surface area contributed by atoms with Gasteiger partial charge >= 0.3 is 0 Å². The average molecular weight is 420 g/mol. The molecule has 0 saturated carbocycles. The molecule has 3 aromatic rings. The molecule has 0 atom stereocenters. The van der Waals surface area contributed by atoms with Gasteiger partial charge in [0.1, 0.15) is 12.4 Å². The van der Waals surface area contributed by atoms with Crippen LogP contribution >= 0.6 is 12.2 Å². The summed E-state index contributed by atoms with van der Waals surface area (Å²) in [5.41, 5.74) is 7.79. The number of benzene rings is 3. The predicted molar refractivity (Wildman–Crippen MR) is 119 cm³/mol. The van der Waals surface area contributed by atoms with Gasteiger partial charge in [0.2, 0.25) is 0 Å². The van der Waals surface area contributed by atoms with Crippen LogP contribution in [0.15, 0.2) is 78.9 Å². The quantitative estimate of drug-likeness (QED) is 0.436. The summed E-state index contributed by atoms with van der Waals surface area (Å²) in [6.07, 6.45) is 0. The molecule has 0 aliphatic heterocycles. The van der Waals surface area contributed by atoms with Crippen molar-refractivity contribution in [2.75, 3.05) is 0 Å². The Balaban J connectivity index is 1.55. The topological polar surface area (TPSA) is 79.5 Å². The number of hydrogen-bond acceptors (Lipinski definition) is 4. The fraction of sp³-hybridized carbons (Fsp3) is 0.0870. The molecule has 3 N–H and O–H groups in total. The van der Waals surface area contributed by atoms with Gasteiger partial charge in [0.05, 0.1) is 5.56 Å². The van der Waals surface area contributed by atoms with Crippen LogP contribution in [0, 0.1) is 6.92 Å². The lowest BCUT2D eigenvalue weighted by Gasteiger charge is -2.14. The second-order valence-corrected chi connectivity index (χ2v) is 6.91. The van der Waals surface area contributed by atoms with Gasteiger partial charge in [-0.2, -0.15) is 0 Å². The van der Waals surface area contributed by atoms with Crippen molar-refractivity contribution in [3.63, 3.8) is 0 Å². The Morgan fingerprint density at radius 1 is 0.867 bits per heavy atom. The molecule has 2 amide bonds. The Labute approximate surface area is 180 Å². The number of para-hydroxylation sites is 1. The summed E-state index contributed by atoms with van der Waals surface area (Å²) in [6.45, 7) is 2.23. The molecule has 0 spiro atoms. The lowest BCUT2D eigenvalue weighted by atomic mass is 10.1. The highest BCUT2D eigenvalue weighted by Crippen LogP contribution is 2.19. The van der Waals surface area contributed by atoms with Crippen molar-refractivity contribution in [3.05, 3.63) is 101 Å². The molecule has 0 radical (unpaired) electrons. The Hall–Kier alpha value is -3.71. The molecule has 0 aromatic heterocycles. The number of thiocarbonyl (C=S) groups is 1. The highest BCUT2D eigenvalue weighted by molar-refractivity contribution is 7.80. The molecule has 6 nitrogen and oxygen atoms in total. The van der Waals surface area contributed by atoms with Crippen molar-refractivity contribution in [2.45, 2.75) is 13.5 Å². The number of hydrogen-bond donors (Lipinski definition) is 3. The lowest BCUT2D eigenvalue weighted by molar-refractivity contribution is 0.0930. The van der Waals surface area contributed by atoms with Gasteiger partial charge in [-0.05, 0) is 49.0 Å². The van der Waals surface area contributed by atoms with Crippen molar-refractivity contribution in [2.24, 2.45) is 0 Å². The average Bonchev–Trinajstić information content (AvgIpc) is 2.77. The van der Waals surface area contributed by atoms with E-state index in [0.717, 1.165) is 11.1 Å². The zero-order valence-corrected chi connectivity index (χ0v) is 17.2. The van der Waals surface area contributed by atoms with Crippen molar-refractivity contribution in [3.8, 4) is 5.75 Å². The molecule has 3 aromatic carbocycles. The fourth-order valence-corrected chi connectivity index (χ4v) is 2.83. The summed E-state index contributed by atoms with van der Waals surface area (Å²) in [4.78, 5) is 24.8. The molecule has 0 aliphatic rings. The Kier molecular flexibility index (Phi) is 7.13. The third-order valence-electron chi connectivity index (χ3n) is 4.17. The number of aryl methyl sites for hydroxylation is 1. The van der Waals surface area contributed by atoms with Crippen LogP contribution in [0.3, 0.4) is 0 Å². The van der Waals surface area contributed by atoms with E-state index < -0.39 is 5.91 Å². The summed E-state index contributed by atoms with van der Waals surface area (Å²) in [7, 11) is 0. The van der Waals surface area contributed by atoms with E-state index in [1.165, 1.54) is 0 Å². The minimum atomic E-state index is -0.439. The standard InChI is InChI=1S/C23H21N3O3S/c1-16-8-7-11-18(14-16)21(27)24-23(30)26-25-22(28)19-12-5-6-13-20(19)29-15-17-9-3-2-4-10-17/h2-14H,15H2,1H3,(H,25,28)(H2,24,26,27,30). The lowest BCUT2D eigenvalue weighted by Crippen LogP contribution is -2.48. The largest absolute Gasteiger partial charge is 0.488 e. The molecule has 7 heteroatoms. The summed E-state index contributed by atoms with van der Waals surface area (Å²) >= 11 is 5.09. The first-order valence-corrected chi connectivity index (χ1v) is 9.68. The van der Waals surface area contributed by atoms with Crippen LogP contribution in [-0.2, 0) is 6.61 Å². The first-order valence-electron chi connectivity index (χ1n) is 9.27. The highest BCUT2D eigenvalue weighted by atomic mass is 32.1. The predicted octanol–water partition coefficient (Wildman–Crippen LogP) is 3.52. The van der Waals surface area contributed by atoms with Gasteiger partial charge in [0, 0.05) is 5.56 Å². The summed E-state index contributed by atoms with van der Waals surface area (Å²) in [6, 6.07) is 23.7. The molecular formula is C23H21N3O3S. The van der Waals surface area contributed by atoms with Crippen molar-refractivity contribution in [1.29, 1.82) is 0 Å². The first kappa shape index (κ1) is 21.0. The van der Waals surface area contributed by atoms with E-state index >= 15 is 0 Å². The maximum atomic E-state index is 12.6. The van der Waals surface area contributed by atoms with Crippen molar-refractivity contribution >= 4 is 29.1 Å². The summed E-state index contributed by atoms with van der Waals surface area (Å²) < 4.78 is 5.79. The minimum absolute atomic E-state index is 0.0162. The molecule has 3 rings (SSSR count). The number of nitrogens with one attached hydrogen (secondary N) is 3. The molecular weight excluding hydrogens is 398 g/mol. The van der Waals surface area contributed by atoms with Crippen LogP contribution in [0.25, 0.3) is 0 Å². The maximum Gasteiger partial charge on any atom is 0.273 e. The molecule has 0 aliphatic carbocycles. The van der Waals surface area contributed by atoms with Crippen LogP contribution in [0.2, 0.25) is 0 Å². The summed E-state index contributed by atoms with van der Waals surface area (Å²) in [5, 5.41) is 2.51. The molecule has 0 heterocycles. The molecule has 0 fully saturated rings. The number of amides is 2. The zero-order valence-electron chi connectivity index (χ0n) is 16.3. The Bertz CT molecular complexity index is 1050. The highest BCUT2D eigenvalue weighted by Gasteiger charge is 2.13. The van der Waals surface area contributed by atoms with E-state index in [4.69, 9.17) is 17.0 Å². The number of ether oxygens (including phenoxy) is 1. The van der Waals surface area contributed by atoms with Gasteiger partial charge in [0.15, 0.2) is 5.11 Å². The fourth-order valence-electron chi connectivity index (χ4n) is 2.69. The van der Waals surface area contributed by atoms with Crippen molar-refractivity contribution < 1.29 is 14.3 Å². The van der Waals surface area contributed by atoms with E-state index in [2.05, 4.69) is 16.2 Å². The SMILES string of the molecule is Cc1cccc(C(=O)NC(=S)NNC(=O)c2ccccc2OCc2ccccc2)c1. The van der Waals surface area contributed by atoms with E-state index in [-0.39, 0.29) is 11.0 Å². The second kappa shape index (κ2) is 10.2. The van der Waals surface area contributed by atoms with Gasteiger partial charge in [-0.3, -0.25) is 25.8 Å². The second-order valence-electron chi connectivity index (χ2n) is 6.50. The van der Waals surface area contributed by atoms with Gasteiger partial charge in [-0.1, -0.05) is 60.2 Å². The smallest absolute Gasteiger partial charge is 0.273 e. The van der Waals surface area contributed by atoms with Gasteiger partial charge in [-0.25, -0.2) is 0 Å². The van der Waals surface area contributed by atoms with Crippen molar-refractivity contribution in [1.82, 2.24) is 16.2 Å². The van der Waals surface area contributed by atoms with E-state index in [0.29, 0.717) is 23.5 Å². The maximum absolute atomic E-state index is 12.6. The molecule has 30 heavy (non-hydrogen) atoms. The zero-order chi connectivity index (χ0) is 21.3. The van der Waals surface area contributed by atoms with Crippen LogP contribution in [0.5, 0.6) is 5.75 Å². The van der Waals surface area contributed by atoms with Gasteiger partial charge in [-0.15, -0.1) is 0 Å². The Morgan fingerprint density at radius 2 is 1.60 bits per heavy atom. The Morgan fingerprint density at radius 3 is 2.37 bits per heavy atom. The molecule has 152 valence electrons. The summed E-state index contributed by atoms with van der Waals surface area (Å²) in [5.74, 6) is -0.363. The van der Waals surface area contributed by atoms with Crippen LogP contribution in [0.1, 0.15) is 31.8 Å². The van der Waals surface area contributed by atoms with Crippen LogP contribution in [-0.4, -0.2) is 16.9 Å². The number of carbonyl (C=O) groups is 2. The minimum Gasteiger partial charge on any atom is -0.488 e. The van der Waals surface area contributed by atoms with E-state index in [9.17, 15) is 9.59 Å². The van der Waals surface area contributed by atoms with Gasteiger partial charge < -0.3 is 4.74 Å². The number of carbonyl (C=O) groups excluding carboxylic acids is 2. The van der Waals surface area contributed by atoms with E-state index in [1.807, 2.05) is 43.3 Å². The first-order chi connectivity index (χ1) is 14.5. The molecule has 0 bridgehead atoms. The third kappa shape index (κ3) is 5.89. The van der Waals surface area contributed by atoms with Crippen LogP contribution < -0.4 is 20.9 Å². The number of hydrazine groups is 1. The van der Waals surface area contributed by atoms with E-state index in [1.54, 1.807) is 42.5 Å². The molecule has 0 saturated heterocycles. The normalized spacial score (nSPS) is 10.0. The number of rotatable bonds is 5. The van der Waals surface area contributed by atoms with Gasteiger partial charge in [0.25, 0.3) is 11.8 Å². The monoisotopic (exact) mass is 419 g/mol. The molecule has 0 unspecified atom stereocenters.